The summed E-state index contributed by atoms with van der Waals surface area (Å²) in [7, 11) is 1.55. The van der Waals surface area contributed by atoms with Gasteiger partial charge in [0.2, 0.25) is 5.91 Å². The minimum absolute atomic E-state index is 0.125. The van der Waals surface area contributed by atoms with Crippen LogP contribution in [0, 0.1) is 6.92 Å². The molecule has 1 fully saturated rings. The summed E-state index contributed by atoms with van der Waals surface area (Å²) in [5.74, 6) is 1.23. The van der Waals surface area contributed by atoms with E-state index in [0.29, 0.717) is 29.5 Å². The number of benzene rings is 1. The molecule has 1 aromatic heterocycles. The fourth-order valence-electron chi connectivity index (χ4n) is 3.21. The first-order valence-corrected chi connectivity index (χ1v) is 9.43. The first-order valence-electron chi connectivity index (χ1n) is 9.05. The molecular weight excluding hydrogens is 368 g/mol. The fraction of sp³-hybridized carbons (Fsp3) is 0.450. The zero-order chi connectivity index (χ0) is 19.2. The maximum absolute atomic E-state index is 12.7. The average molecular weight is 393 g/mol. The molecule has 6 nitrogen and oxygen atoms in total. The molecule has 0 saturated carbocycles. The molecule has 3 rings (SSSR count). The molecule has 1 aliphatic heterocycles. The van der Waals surface area contributed by atoms with Crippen molar-refractivity contribution in [3.63, 3.8) is 0 Å². The molecular formula is C20H25ClN2O4. The summed E-state index contributed by atoms with van der Waals surface area (Å²) in [5, 5.41) is 3.53. The maximum Gasteiger partial charge on any atom is 0.238 e. The molecule has 7 heteroatoms. The molecule has 0 spiro atoms. The van der Waals surface area contributed by atoms with Crippen molar-refractivity contribution in [1.82, 2.24) is 4.90 Å². The van der Waals surface area contributed by atoms with Gasteiger partial charge in [-0.2, -0.15) is 0 Å². The smallest absolute Gasteiger partial charge is 0.238 e. The van der Waals surface area contributed by atoms with Crippen molar-refractivity contribution in [3.8, 4) is 5.75 Å². The molecule has 1 aliphatic rings. The molecule has 1 unspecified atom stereocenters. The van der Waals surface area contributed by atoms with Crippen LogP contribution >= 0.6 is 11.6 Å². The lowest BCUT2D eigenvalue weighted by molar-refractivity contribution is -0.117. The Morgan fingerprint density at radius 3 is 2.96 bits per heavy atom. The predicted molar refractivity (Wildman–Crippen MR) is 104 cm³/mol. The third-order valence-corrected chi connectivity index (χ3v) is 4.97. The molecule has 0 bridgehead atoms. The van der Waals surface area contributed by atoms with Crippen LogP contribution in [0.1, 0.15) is 24.2 Å². The van der Waals surface area contributed by atoms with Gasteiger partial charge in [0.05, 0.1) is 38.3 Å². The first kappa shape index (κ1) is 19.7. The van der Waals surface area contributed by atoms with Crippen molar-refractivity contribution in [3.05, 3.63) is 46.9 Å². The van der Waals surface area contributed by atoms with E-state index in [-0.39, 0.29) is 18.6 Å². The van der Waals surface area contributed by atoms with E-state index >= 15 is 0 Å². The SMILES string of the molecule is COc1cc(Cl)c(C)cc1NC(=O)CN(Cc1ccco1)CC1CCCO1. The molecule has 1 amide bonds. The standard InChI is InChI=1S/C20H25ClN2O4/c1-14-9-18(19(25-2)10-17(14)21)22-20(24)13-23(11-15-5-3-7-26-15)12-16-6-4-8-27-16/h3,5,7,9-10,16H,4,6,8,11-13H2,1-2H3,(H,22,24). The van der Waals surface area contributed by atoms with Gasteiger partial charge in [0.1, 0.15) is 11.5 Å². The van der Waals surface area contributed by atoms with Crippen LogP contribution in [0.5, 0.6) is 5.75 Å². The van der Waals surface area contributed by atoms with Gasteiger partial charge in [-0.25, -0.2) is 0 Å². The van der Waals surface area contributed by atoms with Gasteiger partial charge in [0, 0.05) is 24.2 Å². The number of carbonyl (C=O) groups excluding carboxylic acids is 1. The van der Waals surface area contributed by atoms with E-state index in [1.807, 2.05) is 30.0 Å². The number of hydrogen-bond donors (Lipinski definition) is 1. The Labute approximate surface area is 164 Å². The van der Waals surface area contributed by atoms with Crippen LogP contribution in [-0.4, -0.2) is 43.7 Å². The molecule has 0 aliphatic carbocycles. The van der Waals surface area contributed by atoms with Crippen LogP contribution in [0.2, 0.25) is 5.02 Å². The number of hydrogen-bond acceptors (Lipinski definition) is 5. The second-order valence-electron chi connectivity index (χ2n) is 6.73. The number of furan rings is 1. The van der Waals surface area contributed by atoms with Crippen LogP contribution in [0.25, 0.3) is 0 Å². The first-order chi connectivity index (χ1) is 13.0. The number of rotatable bonds is 8. The topological polar surface area (TPSA) is 63.9 Å². The summed E-state index contributed by atoms with van der Waals surface area (Å²) in [6, 6.07) is 7.28. The summed E-state index contributed by atoms with van der Waals surface area (Å²) >= 11 is 6.13. The molecule has 2 aromatic rings. The number of aryl methyl sites for hydroxylation is 1. The molecule has 146 valence electrons. The Kier molecular flexibility index (Phi) is 6.77. The Balaban J connectivity index is 1.67. The molecule has 0 radical (unpaired) electrons. The zero-order valence-electron chi connectivity index (χ0n) is 15.7. The van der Waals surface area contributed by atoms with E-state index in [1.54, 1.807) is 19.4 Å². The number of anilines is 1. The van der Waals surface area contributed by atoms with Crippen molar-refractivity contribution in [2.45, 2.75) is 32.4 Å². The minimum Gasteiger partial charge on any atom is -0.495 e. The normalized spacial score (nSPS) is 16.7. The highest BCUT2D eigenvalue weighted by atomic mass is 35.5. The largest absolute Gasteiger partial charge is 0.495 e. The number of amides is 1. The minimum atomic E-state index is -0.125. The summed E-state index contributed by atoms with van der Waals surface area (Å²) in [4.78, 5) is 14.7. The number of halogens is 1. The van der Waals surface area contributed by atoms with Gasteiger partial charge in [-0.05, 0) is 43.5 Å². The lowest BCUT2D eigenvalue weighted by Crippen LogP contribution is -2.37. The second kappa shape index (κ2) is 9.26. The molecule has 2 heterocycles. The second-order valence-corrected chi connectivity index (χ2v) is 7.14. The molecule has 27 heavy (non-hydrogen) atoms. The molecule has 1 saturated heterocycles. The van der Waals surface area contributed by atoms with Gasteiger partial charge < -0.3 is 19.2 Å². The van der Waals surface area contributed by atoms with Gasteiger partial charge in [0.25, 0.3) is 0 Å². The Morgan fingerprint density at radius 1 is 1.44 bits per heavy atom. The fourth-order valence-corrected chi connectivity index (χ4v) is 3.36. The van der Waals surface area contributed by atoms with Crippen molar-refractivity contribution in [1.29, 1.82) is 0 Å². The Bertz CT molecular complexity index is 758. The number of methoxy groups -OCH3 is 1. The van der Waals surface area contributed by atoms with E-state index < -0.39 is 0 Å². The lowest BCUT2D eigenvalue weighted by Gasteiger charge is -2.24. The monoisotopic (exact) mass is 392 g/mol. The Hall–Kier alpha value is -2.02. The summed E-state index contributed by atoms with van der Waals surface area (Å²) in [6.45, 7) is 4.14. The van der Waals surface area contributed by atoms with Crippen molar-refractivity contribution in [2.24, 2.45) is 0 Å². The maximum atomic E-state index is 12.7. The van der Waals surface area contributed by atoms with Crippen molar-refractivity contribution < 1.29 is 18.7 Å². The van der Waals surface area contributed by atoms with Gasteiger partial charge in [-0.3, -0.25) is 9.69 Å². The Morgan fingerprint density at radius 2 is 2.30 bits per heavy atom. The van der Waals surface area contributed by atoms with Crippen LogP contribution in [-0.2, 0) is 16.1 Å². The van der Waals surface area contributed by atoms with E-state index in [2.05, 4.69) is 5.32 Å². The highest BCUT2D eigenvalue weighted by molar-refractivity contribution is 6.31. The third kappa shape index (κ3) is 5.48. The quantitative estimate of drug-likeness (QED) is 0.738. The van der Waals surface area contributed by atoms with Gasteiger partial charge in [0.15, 0.2) is 0 Å². The predicted octanol–water partition coefficient (Wildman–Crippen LogP) is 3.87. The van der Waals surface area contributed by atoms with E-state index in [9.17, 15) is 4.79 Å². The summed E-state index contributed by atoms with van der Waals surface area (Å²) in [6.07, 6.45) is 3.87. The number of nitrogens with zero attached hydrogens (tertiary/aromatic N) is 1. The van der Waals surface area contributed by atoms with Gasteiger partial charge >= 0.3 is 0 Å². The van der Waals surface area contributed by atoms with E-state index in [0.717, 1.165) is 30.8 Å². The van der Waals surface area contributed by atoms with Crippen LogP contribution in [0.4, 0.5) is 5.69 Å². The number of carbonyl (C=O) groups is 1. The van der Waals surface area contributed by atoms with Crippen LogP contribution in [0.15, 0.2) is 34.9 Å². The molecule has 1 atom stereocenters. The van der Waals surface area contributed by atoms with Crippen LogP contribution in [0.3, 0.4) is 0 Å². The van der Waals surface area contributed by atoms with Gasteiger partial charge in [-0.1, -0.05) is 11.6 Å². The number of nitrogens with one attached hydrogen (secondary N) is 1. The highest BCUT2D eigenvalue weighted by Crippen LogP contribution is 2.31. The van der Waals surface area contributed by atoms with E-state index in [1.165, 1.54) is 0 Å². The number of ether oxygens (including phenoxy) is 2. The molecule has 1 N–H and O–H groups in total. The van der Waals surface area contributed by atoms with Crippen molar-refractivity contribution in [2.75, 3.05) is 32.1 Å². The summed E-state index contributed by atoms with van der Waals surface area (Å²) in [5.41, 5.74) is 1.49. The zero-order valence-corrected chi connectivity index (χ0v) is 16.4. The molecule has 1 aromatic carbocycles. The van der Waals surface area contributed by atoms with Crippen molar-refractivity contribution >= 4 is 23.2 Å². The lowest BCUT2D eigenvalue weighted by atomic mass is 10.2. The van der Waals surface area contributed by atoms with Crippen LogP contribution < -0.4 is 10.1 Å². The van der Waals surface area contributed by atoms with E-state index in [4.69, 9.17) is 25.5 Å². The average Bonchev–Trinajstić information content (AvgIpc) is 3.32. The third-order valence-electron chi connectivity index (χ3n) is 4.57. The highest BCUT2D eigenvalue weighted by Gasteiger charge is 2.22. The van der Waals surface area contributed by atoms with Gasteiger partial charge in [-0.15, -0.1) is 0 Å². The summed E-state index contributed by atoms with van der Waals surface area (Å²) < 4.78 is 16.5.